The van der Waals surface area contributed by atoms with Crippen molar-refractivity contribution in [3.05, 3.63) is 0 Å². The third-order valence-corrected chi connectivity index (χ3v) is 6.03. The van der Waals surface area contributed by atoms with Gasteiger partial charge in [0.1, 0.15) is 6.10 Å². The topological polar surface area (TPSA) is 67.8 Å². The fourth-order valence-corrected chi connectivity index (χ4v) is 3.89. The second-order valence-corrected chi connectivity index (χ2v) is 9.22. The van der Waals surface area contributed by atoms with Gasteiger partial charge in [-0.2, -0.15) is 0 Å². The van der Waals surface area contributed by atoms with Crippen molar-refractivity contribution in [1.82, 2.24) is 5.32 Å². The molecule has 5 heteroatoms. The number of nitrogens with one attached hydrogen (secondary N) is 1. The number of hydrogen-bond acceptors (Lipinski definition) is 5. The van der Waals surface area contributed by atoms with E-state index in [0.717, 1.165) is 51.5 Å². The van der Waals surface area contributed by atoms with Crippen molar-refractivity contribution in [2.24, 2.45) is 0 Å². The van der Waals surface area contributed by atoms with Crippen molar-refractivity contribution in [1.29, 1.82) is 0 Å². The standard InChI is InChI=1S/C27H55NO4/c1-4-6-8-10-12-15-19-26(20-16-13-11-9-7-5-2)32-27(30)25(3)31-24-18-14-17-21-28-22-23-29/h25-26,28-29H,4-24H2,1-3H3/t25-/m0/s1. The molecular formula is C27H55NO4. The first kappa shape index (κ1) is 31.4. The van der Waals surface area contributed by atoms with Crippen LogP contribution in [0.4, 0.5) is 0 Å². The molecule has 0 aromatic heterocycles. The Hall–Kier alpha value is -0.650. The fraction of sp³-hybridized carbons (Fsp3) is 0.963. The van der Waals surface area contributed by atoms with E-state index >= 15 is 0 Å². The molecule has 0 aliphatic rings. The molecule has 0 aromatic rings. The highest BCUT2D eigenvalue weighted by Gasteiger charge is 2.20. The number of ether oxygens (including phenoxy) is 2. The molecule has 0 rings (SSSR count). The van der Waals surface area contributed by atoms with Crippen LogP contribution < -0.4 is 5.32 Å². The van der Waals surface area contributed by atoms with E-state index in [1.165, 1.54) is 64.2 Å². The molecule has 0 amide bonds. The molecule has 0 radical (unpaired) electrons. The summed E-state index contributed by atoms with van der Waals surface area (Å²) in [7, 11) is 0. The van der Waals surface area contributed by atoms with Gasteiger partial charge >= 0.3 is 5.97 Å². The second kappa shape index (κ2) is 25.0. The first-order chi connectivity index (χ1) is 15.7. The van der Waals surface area contributed by atoms with Crippen molar-refractivity contribution in [2.45, 2.75) is 142 Å². The van der Waals surface area contributed by atoms with Crippen LogP contribution in [0, 0.1) is 0 Å². The van der Waals surface area contributed by atoms with Crippen molar-refractivity contribution in [2.75, 3.05) is 26.3 Å². The van der Waals surface area contributed by atoms with E-state index in [-0.39, 0.29) is 18.7 Å². The summed E-state index contributed by atoms with van der Waals surface area (Å²) in [6, 6.07) is 0. The van der Waals surface area contributed by atoms with E-state index in [1.807, 2.05) is 6.92 Å². The van der Waals surface area contributed by atoms with Crippen LogP contribution >= 0.6 is 0 Å². The lowest BCUT2D eigenvalue weighted by Gasteiger charge is -2.21. The summed E-state index contributed by atoms with van der Waals surface area (Å²) in [5.74, 6) is -0.198. The molecule has 0 saturated carbocycles. The Morgan fingerprint density at radius 2 is 1.28 bits per heavy atom. The number of hydrogen-bond donors (Lipinski definition) is 2. The lowest BCUT2D eigenvalue weighted by molar-refractivity contribution is -0.162. The molecule has 0 aliphatic heterocycles. The molecular weight excluding hydrogens is 402 g/mol. The van der Waals surface area contributed by atoms with Gasteiger partial charge in [-0.1, -0.05) is 78.1 Å². The molecule has 0 unspecified atom stereocenters. The van der Waals surface area contributed by atoms with Crippen LogP contribution in [0.3, 0.4) is 0 Å². The van der Waals surface area contributed by atoms with E-state index < -0.39 is 6.10 Å². The molecule has 192 valence electrons. The Labute approximate surface area is 199 Å². The van der Waals surface area contributed by atoms with Crippen molar-refractivity contribution in [3.63, 3.8) is 0 Å². The van der Waals surface area contributed by atoms with Gasteiger partial charge in [-0.25, -0.2) is 4.79 Å². The lowest BCUT2D eigenvalue weighted by atomic mass is 10.0. The Kier molecular flexibility index (Phi) is 24.5. The van der Waals surface area contributed by atoms with Gasteiger partial charge < -0.3 is 19.9 Å². The predicted molar refractivity (Wildman–Crippen MR) is 135 cm³/mol. The number of aliphatic hydroxyl groups is 1. The molecule has 0 bridgehead atoms. The number of carbonyl (C=O) groups excluding carboxylic acids is 1. The smallest absolute Gasteiger partial charge is 0.335 e. The third kappa shape index (κ3) is 21.2. The normalized spacial score (nSPS) is 12.4. The van der Waals surface area contributed by atoms with Crippen LogP contribution in [-0.2, 0) is 14.3 Å². The maximum absolute atomic E-state index is 12.6. The molecule has 0 heterocycles. The zero-order valence-corrected chi connectivity index (χ0v) is 21.7. The van der Waals surface area contributed by atoms with Crippen molar-refractivity contribution in [3.8, 4) is 0 Å². The number of carbonyl (C=O) groups is 1. The maximum atomic E-state index is 12.6. The van der Waals surface area contributed by atoms with Gasteiger partial charge in [-0.3, -0.25) is 0 Å². The van der Waals surface area contributed by atoms with Gasteiger partial charge in [0, 0.05) is 13.2 Å². The third-order valence-electron chi connectivity index (χ3n) is 6.03. The molecule has 1 atom stereocenters. The largest absolute Gasteiger partial charge is 0.460 e. The lowest BCUT2D eigenvalue weighted by Crippen LogP contribution is -2.28. The van der Waals surface area contributed by atoms with Crippen LogP contribution in [0.5, 0.6) is 0 Å². The Morgan fingerprint density at radius 1 is 0.750 bits per heavy atom. The quantitative estimate of drug-likeness (QED) is 0.120. The number of unbranched alkanes of at least 4 members (excludes halogenated alkanes) is 12. The summed E-state index contributed by atoms with van der Waals surface area (Å²) in [5, 5.41) is 11.9. The first-order valence-electron chi connectivity index (χ1n) is 13.8. The monoisotopic (exact) mass is 457 g/mol. The Morgan fingerprint density at radius 3 is 1.84 bits per heavy atom. The van der Waals surface area contributed by atoms with E-state index in [1.54, 1.807) is 0 Å². The van der Waals surface area contributed by atoms with Crippen LogP contribution in [0.2, 0.25) is 0 Å². The summed E-state index contributed by atoms with van der Waals surface area (Å²) in [4.78, 5) is 12.6. The summed E-state index contributed by atoms with van der Waals surface area (Å²) < 4.78 is 11.6. The van der Waals surface area contributed by atoms with E-state index in [0.29, 0.717) is 13.2 Å². The molecule has 0 spiro atoms. The Balaban J connectivity index is 4.13. The summed E-state index contributed by atoms with van der Waals surface area (Å²) in [6.07, 6.45) is 19.8. The van der Waals surface area contributed by atoms with Gasteiger partial charge in [0.15, 0.2) is 6.10 Å². The van der Waals surface area contributed by atoms with Gasteiger partial charge in [-0.05, 0) is 58.4 Å². The van der Waals surface area contributed by atoms with Crippen LogP contribution in [0.15, 0.2) is 0 Å². The molecule has 0 aliphatic carbocycles. The fourth-order valence-electron chi connectivity index (χ4n) is 3.89. The minimum absolute atomic E-state index is 0.0449. The van der Waals surface area contributed by atoms with E-state index in [9.17, 15) is 4.79 Å². The average molecular weight is 458 g/mol. The van der Waals surface area contributed by atoms with Crippen LogP contribution in [0.1, 0.15) is 130 Å². The van der Waals surface area contributed by atoms with Gasteiger partial charge in [0.25, 0.3) is 0 Å². The highest BCUT2D eigenvalue weighted by molar-refractivity contribution is 5.74. The average Bonchev–Trinajstić information content (AvgIpc) is 2.79. The SMILES string of the molecule is CCCCCCCCC(CCCCCCCC)OC(=O)[C@H](C)OCCCCCNCCO. The zero-order valence-electron chi connectivity index (χ0n) is 21.7. The summed E-state index contributed by atoms with van der Waals surface area (Å²) >= 11 is 0. The highest BCUT2D eigenvalue weighted by Crippen LogP contribution is 2.18. The van der Waals surface area contributed by atoms with Crippen molar-refractivity contribution < 1.29 is 19.4 Å². The van der Waals surface area contributed by atoms with E-state index in [2.05, 4.69) is 19.2 Å². The summed E-state index contributed by atoms with van der Waals surface area (Å²) in [5.41, 5.74) is 0. The molecule has 0 aromatic carbocycles. The maximum Gasteiger partial charge on any atom is 0.335 e. The second-order valence-electron chi connectivity index (χ2n) is 9.22. The van der Waals surface area contributed by atoms with Crippen LogP contribution in [-0.4, -0.2) is 49.6 Å². The predicted octanol–water partition coefficient (Wildman–Crippen LogP) is 6.56. The number of rotatable bonds is 25. The first-order valence-corrected chi connectivity index (χ1v) is 13.8. The van der Waals surface area contributed by atoms with Gasteiger partial charge in [0.2, 0.25) is 0 Å². The molecule has 5 nitrogen and oxygen atoms in total. The molecule has 32 heavy (non-hydrogen) atoms. The minimum atomic E-state index is -0.487. The Bertz CT molecular complexity index is 376. The highest BCUT2D eigenvalue weighted by atomic mass is 16.6. The van der Waals surface area contributed by atoms with Crippen LogP contribution in [0.25, 0.3) is 0 Å². The van der Waals surface area contributed by atoms with E-state index in [4.69, 9.17) is 14.6 Å². The number of aliphatic hydroxyl groups excluding tert-OH is 1. The summed E-state index contributed by atoms with van der Waals surface area (Å²) in [6.45, 7) is 8.65. The van der Waals surface area contributed by atoms with Crippen molar-refractivity contribution >= 4 is 5.97 Å². The zero-order chi connectivity index (χ0) is 23.7. The molecule has 0 saturated heterocycles. The minimum Gasteiger partial charge on any atom is -0.460 e. The van der Waals surface area contributed by atoms with Gasteiger partial charge in [-0.15, -0.1) is 0 Å². The molecule has 0 fully saturated rings. The number of esters is 1. The van der Waals surface area contributed by atoms with Gasteiger partial charge in [0.05, 0.1) is 6.61 Å². The molecule has 2 N–H and O–H groups in total.